The van der Waals surface area contributed by atoms with Gasteiger partial charge in [-0.15, -0.1) is 0 Å². The summed E-state index contributed by atoms with van der Waals surface area (Å²) in [7, 11) is 0. The average Bonchev–Trinajstić information content (AvgIpc) is 3.23. The van der Waals surface area contributed by atoms with Gasteiger partial charge in [-0.3, -0.25) is 4.79 Å². The Kier molecular flexibility index (Phi) is 3.11. The van der Waals surface area contributed by atoms with Crippen molar-refractivity contribution < 1.29 is 4.79 Å². The molecule has 114 valence electrons. The molecule has 1 unspecified atom stereocenters. The van der Waals surface area contributed by atoms with Crippen molar-refractivity contribution in [3.8, 4) is 11.6 Å². The Morgan fingerprint density at radius 2 is 2.09 bits per heavy atom. The zero-order valence-electron chi connectivity index (χ0n) is 12.5. The van der Waals surface area contributed by atoms with Crippen molar-refractivity contribution in [2.75, 3.05) is 0 Å². The van der Waals surface area contributed by atoms with Crippen molar-refractivity contribution in [3.63, 3.8) is 0 Å². The maximum Gasteiger partial charge on any atom is 0.256 e. The number of H-pyrrole nitrogens is 1. The van der Waals surface area contributed by atoms with Gasteiger partial charge in [0.1, 0.15) is 0 Å². The highest BCUT2D eigenvalue weighted by molar-refractivity contribution is 5.94. The van der Waals surface area contributed by atoms with Crippen LogP contribution < -0.4 is 0 Å². The number of rotatable bonds is 2. The van der Waals surface area contributed by atoms with E-state index in [0.717, 1.165) is 11.3 Å². The number of nitrogens with one attached hydrogen (secondary N) is 1. The molecular weight excluding hydrogens is 292 g/mol. The minimum atomic E-state index is -0.0573. The molecule has 4 heterocycles. The first-order valence-corrected chi connectivity index (χ1v) is 7.31. The van der Waals surface area contributed by atoms with Crippen LogP contribution >= 0.6 is 0 Å². The minimum Gasteiger partial charge on any atom is -0.367 e. The van der Waals surface area contributed by atoms with Crippen molar-refractivity contribution in [2.24, 2.45) is 0 Å². The Hall–Kier alpha value is -3.09. The average molecular weight is 306 g/mol. The maximum absolute atomic E-state index is 12.6. The molecule has 23 heavy (non-hydrogen) atoms. The van der Waals surface area contributed by atoms with Crippen LogP contribution in [0.15, 0.2) is 43.1 Å². The van der Waals surface area contributed by atoms with E-state index in [0.29, 0.717) is 23.8 Å². The predicted molar refractivity (Wildman–Crippen MR) is 82.1 cm³/mol. The van der Waals surface area contributed by atoms with E-state index < -0.39 is 0 Å². The number of hydrogen-bond donors (Lipinski definition) is 1. The van der Waals surface area contributed by atoms with Crippen LogP contribution in [-0.2, 0) is 6.54 Å². The molecule has 0 radical (unpaired) electrons. The van der Waals surface area contributed by atoms with E-state index in [-0.39, 0.29) is 11.9 Å². The Labute approximate surface area is 132 Å². The highest BCUT2D eigenvalue weighted by Crippen LogP contribution is 2.33. The lowest BCUT2D eigenvalue weighted by molar-refractivity contribution is 0.0704. The Bertz CT molecular complexity index is 846. The molecule has 0 saturated carbocycles. The van der Waals surface area contributed by atoms with Gasteiger partial charge in [0.25, 0.3) is 5.91 Å². The molecule has 0 spiro atoms. The molecule has 1 aliphatic rings. The SMILES string of the molecule is CC1c2cnc(-c3ncccn3)nc2CN1C(=O)c1cc[nH]c1. The van der Waals surface area contributed by atoms with E-state index >= 15 is 0 Å². The molecule has 1 aliphatic heterocycles. The quantitative estimate of drug-likeness (QED) is 0.782. The van der Waals surface area contributed by atoms with E-state index in [1.807, 2.05) is 6.92 Å². The summed E-state index contributed by atoms with van der Waals surface area (Å²) in [5.41, 5.74) is 2.46. The lowest BCUT2D eigenvalue weighted by Crippen LogP contribution is -2.27. The van der Waals surface area contributed by atoms with Crippen molar-refractivity contribution in [1.82, 2.24) is 29.8 Å². The van der Waals surface area contributed by atoms with Gasteiger partial charge in [-0.05, 0) is 19.1 Å². The van der Waals surface area contributed by atoms with Gasteiger partial charge in [0.05, 0.1) is 23.8 Å². The topological polar surface area (TPSA) is 87.7 Å². The summed E-state index contributed by atoms with van der Waals surface area (Å²) >= 11 is 0. The molecule has 7 heteroatoms. The van der Waals surface area contributed by atoms with Crippen LogP contribution in [0.5, 0.6) is 0 Å². The van der Waals surface area contributed by atoms with Crippen molar-refractivity contribution in [1.29, 1.82) is 0 Å². The number of amides is 1. The molecule has 0 aromatic carbocycles. The van der Waals surface area contributed by atoms with Gasteiger partial charge in [-0.25, -0.2) is 19.9 Å². The predicted octanol–water partition coefficient (Wildman–Crippen LogP) is 1.98. The molecule has 3 aromatic rings. The molecular formula is C16H14N6O. The van der Waals surface area contributed by atoms with E-state index in [2.05, 4.69) is 24.9 Å². The van der Waals surface area contributed by atoms with Crippen LogP contribution in [0.25, 0.3) is 11.6 Å². The zero-order valence-corrected chi connectivity index (χ0v) is 12.5. The molecule has 0 fully saturated rings. The fourth-order valence-electron chi connectivity index (χ4n) is 2.76. The highest BCUT2D eigenvalue weighted by atomic mass is 16.2. The van der Waals surface area contributed by atoms with Gasteiger partial charge in [0.15, 0.2) is 11.6 Å². The van der Waals surface area contributed by atoms with Gasteiger partial charge in [0.2, 0.25) is 0 Å². The fourth-order valence-corrected chi connectivity index (χ4v) is 2.76. The molecule has 4 rings (SSSR count). The van der Waals surface area contributed by atoms with Crippen LogP contribution in [0.4, 0.5) is 0 Å². The van der Waals surface area contributed by atoms with Crippen LogP contribution in [0, 0.1) is 0 Å². The largest absolute Gasteiger partial charge is 0.367 e. The molecule has 1 amide bonds. The third-order valence-corrected chi connectivity index (χ3v) is 4.01. The monoisotopic (exact) mass is 306 g/mol. The molecule has 0 bridgehead atoms. The van der Waals surface area contributed by atoms with Crippen LogP contribution in [0.3, 0.4) is 0 Å². The Balaban J connectivity index is 1.66. The van der Waals surface area contributed by atoms with E-state index in [1.165, 1.54) is 0 Å². The third-order valence-electron chi connectivity index (χ3n) is 4.01. The lowest BCUT2D eigenvalue weighted by Gasteiger charge is -2.20. The maximum atomic E-state index is 12.6. The summed E-state index contributed by atoms with van der Waals surface area (Å²) in [6.07, 6.45) is 8.52. The van der Waals surface area contributed by atoms with Crippen LogP contribution in [-0.4, -0.2) is 35.7 Å². The summed E-state index contributed by atoms with van der Waals surface area (Å²) < 4.78 is 0. The van der Waals surface area contributed by atoms with Gasteiger partial charge in [0, 0.05) is 36.5 Å². The van der Waals surface area contributed by atoms with E-state index in [4.69, 9.17) is 0 Å². The Morgan fingerprint density at radius 1 is 1.26 bits per heavy atom. The number of aromatic amines is 1. The van der Waals surface area contributed by atoms with E-state index in [9.17, 15) is 4.79 Å². The van der Waals surface area contributed by atoms with E-state index in [1.54, 1.807) is 48.0 Å². The third kappa shape index (κ3) is 2.26. The van der Waals surface area contributed by atoms with Gasteiger partial charge >= 0.3 is 0 Å². The Morgan fingerprint density at radius 3 is 2.83 bits per heavy atom. The zero-order chi connectivity index (χ0) is 15.8. The highest BCUT2D eigenvalue weighted by Gasteiger charge is 2.33. The second kappa shape index (κ2) is 5.28. The summed E-state index contributed by atoms with van der Waals surface area (Å²) in [4.78, 5) is 34.5. The number of carbonyl (C=O) groups excluding carboxylic acids is 1. The molecule has 0 saturated heterocycles. The first-order chi connectivity index (χ1) is 11.2. The molecule has 1 N–H and O–H groups in total. The molecule has 1 atom stereocenters. The number of fused-ring (bicyclic) bond motifs is 1. The van der Waals surface area contributed by atoms with Gasteiger partial charge in [-0.2, -0.15) is 0 Å². The van der Waals surface area contributed by atoms with Crippen LogP contribution in [0.1, 0.15) is 34.6 Å². The summed E-state index contributed by atoms with van der Waals surface area (Å²) in [6.45, 7) is 2.45. The first kappa shape index (κ1) is 13.6. The second-order valence-corrected chi connectivity index (χ2v) is 5.38. The van der Waals surface area contributed by atoms with Gasteiger partial charge < -0.3 is 9.88 Å². The van der Waals surface area contributed by atoms with Crippen molar-refractivity contribution in [2.45, 2.75) is 19.5 Å². The summed E-state index contributed by atoms with van der Waals surface area (Å²) in [5, 5.41) is 0. The normalized spacial score (nSPS) is 16.4. The molecule has 0 aliphatic carbocycles. The standard InChI is InChI=1S/C16H14N6O/c1-10-12-8-20-15(14-18-4-2-5-19-14)21-13(12)9-22(10)16(23)11-3-6-17-7-11/h2-8,10,17H,9H2,1H3. The van der Waals surface area contributed by atoms with Gasteiger partial charge in [-0.1, -0.05) is 0 Å². The first-order valence-electron chi connectivity index (χ1n) is 7.31. The number of nitrogens with zero attached hydrogens (tertiary/aromatic N) is 5. The lowest BCUT2D eigenvalue weighted by atomic mass is 10.1. The summed E-state index contributed by atoms with van der Waals surface area (Å²) in [5.74, 6) is 0.945. The summed E-state index contributed by atoms with van der Waals surface area (Å²) in [6, 6.07) is 3.46. The minimum absolute atomic E-state index is 0.0192. The number of carbonyl (C=O) groups is 1. The van der Waals surface area contributed by atoms with Crippen molar-refractivity contribution >= 4 is 5.91 Å². The number of hydrogen-bond acceptors (Lipinski definition) is 5. The fraction of sp³-hybridized carbons (Fsp3) is 0.188. The van der Waals surface area contributed by atoms with Crippen LogP contribution in [0.2, 0.25) is 0 Å². The molecule has 3 aromatic heterocycles. The van der Waals surface area contributed by atoms with Crippen molar-refractivity contribution in [3.05, 3.63) is 59.9 Å². The number of aromatic nitrogens is 5. The molecule has 7 nitrogen and oxygen atoms in total. The smallest absolute Gasteiger partial charge is 0.256 e. The second-order valence-electron chi connectivity index (χ2n) is 5.38.